The maximum absolute atomic E-state index is 9.74. The first-order valence-corrected chi connectivity index (χ1v) is 8.33. The van der Waals surface area contributed by atoms with Gasteiger partial charge in [-0.1, -0.05) is 53.8 Å². The highest BCUT2D eigenvalue weighted by Gasteiger charge is 2.18. The van der Waals surface area contributed by atoms with Gasteiger partial charge in [0.05, 0.1) is 6.04 Å². The van der Waals surface area contributed by atoms with E-state index in [0.29, 0.717) is 11.4 Å². The number of anilines is 1. The monoisotopic (exact) mass is 339 g/mol. The van der Waals surface area contributed by atoms with Gasteiger partial charge in [-0.15, -0.1) is 6.58 Å². The van der Waals surface area contributed by atoms with Crippen molar-refractivity contribution in [1.82, 2.24) is 0 Å². The summed E-state index contributed by atoms with van der Waals surface area (Å²) in [6.45, 7) is 5.87. The molecule has 124 valence electrons. The highest BCUT2D eigenvalue weighted by atomic mass is 35.5. The Bertz CT molecular complexity index is 745. The third kappa shape index (κ3) is 5.16. The summed E-state index contributed by atoms with van der Waals surface area (Å²) in [5, 5.41) is 13.9. The molecule has 1 unspecified atom stereocenters. The summed E-state index contributed by atoms with van der Waals surface area (Å²) in [7, 11) is 0. The smallest absolute Gasteiger partial charge is 0.0934 e. The molecule has 0 aliphatic heterocycles. The van der Waals surface area contributed by atoms with E-state index in [0.717, 1.165) is 16.8 Å². The molecule has 0 saturated heterocycles. The lowest BCUT2D eigenvalue weighted by Gasteiger charge is -2.23. The summed E-state index contributed by atoms with van der Waals surface area (Å²) in [5.41, 5.74) is 3.02. The highest BCUT2D eigenvalue weighted by Crippen LogP contribution is 2.19. The van der Waals surface area contributed by atoms with Crippen molar-refractivity contribution >= 4 is 17.3 Å². The fourth-order valence-corrected chi connectivity index (χ4v) is 2.62. The first-order chi connectivity index (χ1) is 11.6. The molecule has 0 spiro atoms. The van der Waals surface area contributed by atoms with Crippen molar-refractivity contribution in [2.45, 2.75) is 19.4 Å². The van der Waals surface area contributed by atoms with E-state index in [2.05, 4.69) is 23.7 Å². The van der Waals surface area contributed by atoms with Crippen LogP contribution in [0.3, 0.4) is 0 Å². The minimum atomic E-state index is -0.187. The number of aliphatic hydroxyl groups excluding tert-OH is 1. The van der Waals surface area contributed by atoms with Gasteiger partial charge in [0, 0.05) is 28.8 Å². The number of halogens is 1. The molecule has 0 aliphatic rings. The molecule has 2 rings (SSSR count). The van der Waals surface area contributed by atoms with Gasteiger partial charge in [0.15, 0.2) is 0 Å². The molecule has 0 amide bonds. The third-order valence-electron chi connectivity index (χ3n) is 3.83. The van der Waals surface area contributed by atoms with Crippen LogP contribution in [0.5, 0.6) is 0 Å². The minimum Gasteiger partial charge on any atom is -0.396 e. The Balaban J connectivity index is 2.29. The Morgan fingerprint density at radius 2 is 2.04 bits per heavy atom. The number of benzene rings is 2. The Hall–Kier alpha value is -2.21. The maximum Gasteiger partial charge on any atom is 0.0934 e. The summed E-state index contributed by atoms with van der Waals surface area (Å²) in [6, 6.07) is 15.3. The molecule has 2 aromatic carbocycles. The predicted octanol–water partition coefficient (Wildman–Crippen LogP) is 4.67. The van der Waals surface area contributed by atoms with Crippen LogP contribution >= 0.6 is 11.6 Å². The number of allylic oxidation sites excluding steroid dienone is 1. The van der Waals surface area contributed by atoms with Crippen LogP contribution in [0.15, 0.2) is 61.2 Å². The summed E-state index contributed by atoms with van der Waals surface area (Å²) >= 11 is 6.01. The summed E-state index contributed by atoms with van der Waals surface area (Å²) < 4.78 is 0. The maximum atomic E-state index is 9.74. The minimum absolute atomic E-state index is 0.0335. The van der Waals surface area contributed by atoms with Crippen LogP contribution in [0, 0.1) is 24.7 Å². The Morgan fingerprint density at radius 1 is 1.25 bits per heavy atom. The quantitative estimate of drug-likeness (QED) is 0.592. The topological polar surface area (TPSA) is 32.3 Å². The van der Waals surface area contributed by atoms with Crippen LogP contribution in [0.1, 0.15) is 17.5 Å². The van der Waals surface area contributed by atoms with Crippen molar-refractivity contribution in [3.8, 4) is 11.8 Å². The zero-order valence-corrected chi connectivity index (χ0v) is 14.6. The number of nitrogens with one attached hydrogen (secondary N) is 1. The number of aliphatic hydroxyl groups is 1. The first-order valence-electron chi connectivity index (χ1n) is 7.95. The van der Waals surface area contributed by atoms with Gasteiger partial charge in [0.1, 0.15) is 0 Å². The molecule has 2 atom stereocenters. The lowest BCUT2D eigenvalue weighted by atomic mass is 9.96. The molecule has 0 aromatic heterocycles. The van der Waals surface area contributed by atoms with E-state index in [1.165, 1.54) is 0 Å². The molecule has 0 bridgehead atoms. The molecule has 0 heterocycles. The predicted molar refractivity (Wildman–Crippen MR) is 102 cm³/mol. The zero-order chi connectivity index (χ0) is 17.4. The van der Waals surface area contributed by atoms with Crippen molar-refractivity contribution in [3.63, 3.8) is 0 Å². The van der Waals surface area contributed by atoms with Gasteiger partial charge >= 0.3 is 0 Å². The van der Waals surface area contributed by atoms with E-state index in [4.69, 9.17) is 11.6 Å². The second-order valence-corrected chi connectivity index (χ2v) is 6.12. The van der Waals surface area contributed by atoms with Gasteiger partial charge in [-0.05, 0) is 43.2 Å². The largest absolute Gasteiger partial charge is 0.396 e. The van der Waals surface area contributed by atoms with Crippen molar-refractivity contribution in [1.29, 1.82) is 0 Å². The number of hydrogen-bond acceptors (Lipinski definition) is 2. The van der Waals surface area contributed by atoms with Gasteiger partial charge in [-0.2, -0.15) is 0 Å². The lowest BCUT2D eigenvalue weighted by Crippen LogP contribution is -2.30. The standard InChI is InChI=1S/C21H22ClNO/c1-3-7-18(15-24)21(23-20-11-5-4-8-16(20)2)13-12-17-9-6-10-19(22)14-17/h3-6,8-11,14,18,21,23-24H,1,7,15H2,2H3/t18-,21?/m1/s1. The SMILES string of the molecule is C=CC[C@H](CO)C(C#Cc1cccc(Cl)c1)Nc1ccccc1C. The second-order valence-electron chi connectivity index (χ2n) is 5.68. The molecule has 3 heteroatoms. The van der Waals surface area contributed by atoms with E-state index < -0.39 is 0 Å². The molecule has 0 saturated carbocycles. The Kier molecular flexibility index (Phi) is 6.93. The van der Waals surface area contributed by atoms with E-state index in [9.17, 15) is 5.11 Å². The average molecular weight is 340 g/mol. The van der Waals surface area contributed by atoms with Crippen molar-refractivity contribution in [3.05, 3.63) is 77.3 Å². The molecule has 0 aliphatic carbocycles. The van der Waals surface area contributed by atoms with Gasteiger partial charge in [0.2, 0.25) is 0 Å². The molecule has 2 aromatic rings. The van der Waals surface area contributed by atoms with E-state index in [-0.39, 0.29) is 18.6 Å². The van der Waals surface area contributed by atoms with E-state index in [1.807, 2.05) is 61.5 Å². The fourth-order valence-electron chi connectivity index (χ4n) is 2.43. The van der Waals surface area contributed by atoms with Crippen LogP contribution in [-0.2, 0) is 0 Å². The van der Waals surface area contributed by atoms with Crippen LogP contribution < -0.4 is 5.32 Å². The fraction of sp³-hybridized carbons (Fsp3) is 0.238. The van der Waals surface area contributed by atoms with E-state index in [1.54, 1.807) is 0 Å². The molecule has 2 nitrogen and oxygen atoms in total. The van der Waals surface area contributed by atoms with Crippen molar-refractivity contribution in [2.75, 3.05) is 11.9 Å². The van der Waals surface area contributed by atoms with Gasteiger partial charge < -0.3 is 10.4 Å². The molecule has 24 heavy (non-hydrogen) atoms. The Morgan fingerprint density at radius 3 is 2.71 bits per heavy atom. The van der Waals surface area contributed by atoms with Crippen LogP contribution in [0.25, 0.3) is 0 Å². The molecular weight excluding hydrogens is 318 g/mol. The van der Waals surface area contributed by atoms with Crippen LogP contribution in [0.2, 0.25) is 5.02 Å². The van der Waals surface area contributed by atoms with Crippen molar-refractivity contribution in [2.24, 2.45) is 5.92 Å². The molecular formula is C21H22ClNO. The first kappa shape index (κ1) is 18.1. The van der Waals surface area contributed by atoms with Gasteiger partial charge in [0.25, 0.3) is 0 Å². The Labute approximate surface area is 149 Å². The van der Waals surface area contributed by atoms with Gasteiger partial charge in [-0.25, -0.2) is 0 Å². The summed E-state index contributed by atoms with van der Waals surface area (Å²) in [6.07, 6.45) is 2.50. The number of para-hydroxylation sites is 1. The van der Waals surface area contributed by atoms with Crippen molar-refractivity contribution < 1.29 is 5.11 Å². The summed E-state index contributed by atoms with van der Waals surface area (Å²) in [5.74, 6) is 6.37. The zero-order valence-electron chi connectivity index (χ0n) is 13.8. The summed E-state index contributed by atoms with van der Waals surface area (Å²) in [4.78, 5) is 0. The highest BCUT2D eigenvalue weighted by molar-refractivity contribution is 6.30. The average Bonchev–Trinajstić information content (AvgIpc) is 2.58. The van der Waals surface area contributed by atoms with Crippen LogP contribution in [0.4, 0.5) is 5.69 Å². The molecule has 2 N–H and O–H groups in total. The third-order valence-corrected chi connectivity index (χ3v) is 4.06. The molecule has 0 radical (unpaired) electrons. The molecule has 0 fully saturated rings. The number of hydrogen-bond donors (Lipinski definition) is 2. The number of aryl methyl sites for hydroxylation is 1. The number of rotatable bonds is 6. The lowest BCUT2D eigenvalue weighted by molar-refractivity contribution is 0.223. The van der Waals surface area contributed by atoms with E-state index >= 15 is 0 Å². The second kappa shape index (κ2) is 9.17. The van der Waals surface area contributed by atoms with Crippen LogP contribution in [-0.4, -0.2) is 17.8 Å². The normalized spacial score (nSPS) is 12.6. The van der Waals surface area contributed by atoms with Gasteiger partial charge in [-0.3, -0.25) is 0 Å².